The number of hydrogen-bond acceptors (Lipinski definition) is 3. The molecule has 1 fully saturated rings. The van der Waals surface area contributed by atoms with Crippen LogP contribution in [0.1, 0.15) is 24.8 Å². The summed E-state index contributed by atoms with van der Waals surface area (Å²) in [6.45, 7) is 1.75. The summed E-state index contributed by atoms with van der Waals surface area (Å²) >= 11 is 0. The lowest BCUT2D eigenvalue weighted by molar-refractivity contribution is -0.133. The van der Waals surface area contributed by atoms with E-state index in [1.54, 1.807) is 0 Å². The van der Waals surface area contributed by atoms with Crippen molar-refractivity contribution in [2.24, 2.45) is 0 Å². The van der Waals surface area contributed by atoms with Crippen LogP contribution in [0.15, 0.2) is 24.3 Å². The maximum atomic E-state index is 12.3. The average Bonchev–Trinajstić information content (AvgIpc) is 2.46. The van der Waals surface area contributed by atoms with E-state index >= 15 is 0 Å². The van der Waals surface area contributed by atoms with Crippen LogP contribution in [0.4, 0.5) is 5.69 Å². The van der Waals surface area contributed by atoms with E-state index in [4.69, 9.17) is 5.73 Å². The molecular formula is C16H27Cl2N3O. The number of nitrogens with two attached hydrogens (primary N) is 1. The van der Waals surface area contributed by atoms with Crippen molar-refractivity contribution < 1.29 is 4.79 Å². The molecule has 0 aliphatic carbocycles. The third-order valence-corrected chi connectivity index (χ3v) is 4.14. The van der Waals surface area contributed by atoms with Gasteiger partial charge in [-0.3, -0.25) is 4.79 Å². The normalized spacial score (nSPS) is 17.6. The predicted molar refractivity (Wildman–Crippen MR) is 97.0 cm³/mol. The van der Waals surface area contributed by atoms with Crippen LogP contribution in [-0.4, -0.2) is 48.9 Å². The average molecular weight is 348 g/mol. The number of carbonyl (C=O) groups is 1. The Bertz CT molecular complexity index is 468. The Labute approximate surface area is 145 Å². The minimum atomic E-state index is 0. The van der Waals surface area contributed by atoms with Gasteiger partial charge in [0.15, 0.2) is 0 Å². The Balaban J connectivity index is 0.00000220. The van der Waals surface area contributed by atoms with Crippen molar-refractivity contribution >= 4 is 36.4 Å². The molecule has 1 saturated heterocycles. The van der Waals surface area contributed by atoms with E-state index in [1.165, 1.54) is 6.42 Å². The summed E-state index contributed by atoms with van der Waals surface area (Å²) in [6, 6.07) is 8.28. The molecule has 2 rings (SSSR count). The van der Waals surface area contributed by atoms with Gasteiger partial charge in [0.05, 0.1) is 0 Å². The lowest BCUT2D eigenvalue weighted by atomic mass is 10.0. The van der Waals surface area contributed by atoms with Crippen molar-refractivity contribution in [3.05, 3.63) is 29.8 Å². The minimum Gasteiger partial charge on any atom is -0.399 e. The number of nitrogen functional groups attached to an aromatic ring is 1. The van der Waals surface area contributed by atoms with Gasteiger partial charge in [-0.25, -0.2) is 0 Å². The van der Waals surface area contributed by atoms with Gasteiger partial charge in [-0.05, 0) is 45.0 Å². The van der Waals surface area contributed by atoms with Crippen LogP contribution in [0.5, 0.6) is 0 Å². The van der Waals surface area contributed by atoms with Gasteiger partial charge < -0.3 is 15.5 Å². The van der Waals surface area contributed by atoms with Crippen molar-refractivity contribution in [2.75, 3.05) is 32.9 Å². The zero-order valence-electron chi connectivity index (χ0n) is 13.3. The molecule has 0 radical (unpaired) electrons. The largest absolute Gasteiger partial charge is 0.399 e. The molecule has 126 valence electrons. The lowest BCUT2D eigenvalue weighted by Gasteiger charge is -2.36. The SMILES string of the molecule is CN(C)C1CCCN(C(=O)CCc2ccccc2N)C1.Cl.Cl. The fourth-order valence-electron chi connectivity index (χ4n) is 2.76. The third-order valence-electron chi connectivity index (χ3n) is 4.14. The highest BCUT2D eigenvalue weighted by molar-refractivity contribution is 5.85. The number of hydrogen-bond donors (Lipinski definition) is 1. The number of halogens is 2. The van der Waals surface area contributed by atoms with Gasteiger partial charge in [0.25, 0.3) is 0 Å². The van der Waals surface area contributed by atoms with Crippen LogP contribution < -0.4 is 5.73 Å². The van der Waals surface area contributed by atoms with E-state index in [9.17, 15) is 4.79 Å². The van der Waals surface area contributed by atoms with Crippen LogP contribution in [0.2, 0.25) is 0 Å². The fourth-order valence-corrected chi connectivity index (χ4v) is 2.76. The Morgan fingerprint density at radius 1 is 1.32 bits per heavy atom. The number of amides is 1. The molecule has 1 unspecified atom stereocenters. The molecule has 2 N–H and O–H groups in total. The summed E-state index contributed by atoms with van der Waals surface area (Å²) in [5.74, 6) is 0.250. The molecule has 0 spiro atoms. The molecule has 1 atom stereocenters. The van der Waals surface area contributed by atoms with Crippen molar-refractivity contribution in [1.29, 1.82) is 0 Å². The zero-order chi connectivity index (χ0) is 14.5. The smallest absolute Gasteiger partial charge is 0.222 e. The first-order valence-corrected chi connectivity index (χ1v) is 7.35. The van der Waals surface area contributed by atoms with Crippen LogP contribution >= 0.6 is 24.8 Å². The van der Waals surface area contributed by atoms with E-state index in [-0.39, 0.29) is 30.7 Å². The van der Waals surface area contributed by atoms with Crippen LogP contribution in [0.25, 0.3) is 0 Å². The van der Waals surface area contributed by atoms with E-state index < -0.39 is 0 Å². The number of likely N-dealkylation sites (tertiary alicyclic amines) is 1. The Morgan fingerprint density at radius 2 is 2.00 bits per heavy atom. The molecule has 0 saturated carbocycles. The van der Waals surface area contributed by atoms with Crippen LogP contribution in [-0.2, 0) is 11.2 Å². The maximum Gasteiger partial charge on any atom is 0.222 e. The second kappa shape index (κ2) is 9.93. The molecule has 22 heavy (non-hydrogen) atoms. The maximum absolute atomic E-state index is 12.3. The molecule has 4 nitrogen and oxygen atoms in total. The van der Waals surface area contributed by atoms with E-state index in [1.807, 2.05) is 29.2 Å². The standard InChI is InChI=1S/C16H25N3O.2ClH/c1-18(2)14-7-5-11-19(12-14)16(20)10-9-13-6-3-4-8-15(13)17;;/h3-4,6,8,14H,5,7,9-12,17H2,1-2H3;2*1H. The molecule has 1 aliphatic rings. The first-order valence-electron chi connectivity index (χ1n) is 7.35. The van der Waals surface area contributed by atoms with Crippen molar-refractivity contribution in [3.63, 3.8) is 0 Å². The highest BCUT2D eigenvalue weighted by Crippen LogP contribution is 2.17. The van der Waals surface area contributed by atoms with Gasteiger partial charge in [0.2, 0.25) is 5.91 Å². The quantitative estimate of drug-likeness (QED) is 0.851. The fraction of sp³-hybridized carbons (Fsp3) is 0.562. The van der Waals surface area contributed by atoms with Gasteiger partial charge >= 0.3 is 0 Å². The number of nitrogens with zero attached hydrogens (tertiary/aromatic N) is 2. The molecule has 1 heterocycles. The van der Waals surface area contributed by atoms with E-state index in [0.29, 0.717) is 12.5 Å². The zero-order valence-corrected chi connectivity index (χ0v) is 15.0. The molecule has 1 aromatic rings. The van der Waals surface area contributed by atoms with Crippen molar-refractivity contribution in [2.45, 2.75) is 31.7 Å². The Morgan fingerprint density at radius 3 is 2.64 bits per heavy atom. The summed E-state index contributed by atoms with van der Waals surface area (Å²) < 4.78 is 0. The summed E-state index contributed by atoms with van der Waals surface area (Å²) in [5, 5.41) is 0. The number of likely N-dealkylation sites (N-methyl/N-ethyl adjacent to an activating group) is 1. The van der Waals surface area contributed by atoms with Crippen LogP contribution in [0.3, 0.4) is 0 Å². The first-order chi connectivity index (χ1) is 9.58. The van der Waals surface area contributed by atoms with Gasteiger partial charge in [-0.1, -0.05) is 18.2 Å². The van der Waals surface area contributed by atoms with E-state index in [2.05, 4.69) is 19.0 Å². The Kier molecular flexibility index (Phi) is 9.49. The summed E-state index contributed by atoms with van der Waals surface area (Å²) in [5.41, 5.74) is 7.77. The van der Waals surface area contributed by atoms with Gasteiger partial charge in [0.1, 0.15) is 0 Å². The monoisotopic (exact) mass is 347 g/mol. The number of carbonyl (C=O) groups excluding carboxylic acids is 1. The number of rotatable bonds is 4. The molecular weight excluding hydrogens is 321 g/mol. The number of piperidine rings is 1. The Hall–Kier alpha value is -0.970. The predicted octanol–water partition coefficient (Wildman–Crippen LogP) is 2.60. The van der Waals surface area contributed by atoms with E-state index in [0.717, 1.165) is 37.2 Å². The topological polar surface area (TPSA) is 49.6 Å². The first kappa shape index (κ1) is 21.0. The second-order valence-corrected chi connectivity index (χ2v) is 5.80. The molecule has 0 aromatic heterocycles. The molecule has 6 heteroatoms. The highest BCUT2D eigenvalue weighted by atomic mass is 35.5. The van der Waals surface area contributed by atoms with Crippen molar-refractivity contribution in [1.82, 2.24) is 9.80 Å². The molecule has 1 aliphatic heterocycles. The van der Waals surface area contributed by atoms with Gasteiger partial charge in [-0.2, -0.15) is 0 Å². The number of para-hydroxylation sites is 1. The third kappa shape index (κ3) is 5.67. The number of aryl methyl sites for hydroxylation is 1. The van der Waals surface area contributed by atoms with Crippen molar-refractivity contribution in [3.8, 4) is 0 Å². The molecule has 1 amide bonds. The highest BCUT2D eigenvalue weighted by Gasteiger charge is 2.24. The summed E-state index contributed by atoms with van der Waals surface area (Å²) in [7, 11) is 4.17. The number of anilines is 1. The van der Waals surface area contributed by atoms with Crippen LogP contribution in [0, 0.1) is 0 Å². The molecule has 0 bridgehead atoms. The summed E-state index contributed by atoms with van der Waals surface area (Å²) in [4.78, 5) is 16.5. The lowest BCUT2D eigenvalue weighted by Crippen LogP contribution is -2.47. The van der Waals surface area contributed by atoms with Gasteiger partial charge in [0, 0.05) is 31.2 Å². The van der Waals surface area contributed by atoms with Gasteiger partial charge in [-0.15, -0.1) is 24.8 Å². The number of benzene rings is 1. The minimum absolute atomic E-state index is 0. The summed E-state index contributed by atoms with van der Waals surface area (Å²) in [6.07, 6.45) is 3.56. The molecule has 1 aromatic carbocycles. The second-order valence-electron chi connectivity index (χ2n) is 5.80.